The van der Waals surface area contributed by atoms with Crippen LogP contribution in [0.1, 0.15) is 17.9 Å². The molecule has 0 fully saturated rings. The van der Waals surface area contributed by atoms with Crippen LogP contribution < -0.4 is 11.3 Å². The Morgan fingerprint density at radius 3 is 2.53 bits per heavy atom. The van der Waals surface area contributed by atoms with Crippen molar-refractivity contribution < 1.29 is 13.6 Å². The zero-order chi connectivity index (χ0) is 12.1. The summed E-state index contributed by atoms with van der Waals surface area (Å²) in [4.78, 5) is 11.4. The second-order valence-electron chi connectivity index (χ2n) is 3.21. The van der Waals surface area contributed by atoms with Gasteiger partial charge < -0.3 is 0 Å². The standard InChI is InChI=1S/C10H11ClF2N2O.ClH/c11-4-3-7(10(16)15-14)6-1-2-8(12)9(13)5-6;/h1-2,5,7H,3-4,14H2,(H,15,16);1H. The van der Waals surface area contributed by atoms with Crippen molar-refractivity contribution in [3.05, 3.63) is 35.4 Å². The zero-order valence-corrected chi connectivity index (χ0v) is 10.3. The third kappa shape index (κ3) is 4.11. The Morgan fingerprint density at radius 2 is 2.06 bits per heavy atom. The van der Waals surface area contributed by atoms with Crippen LogP contribution in [0.5, 0.6) is 0 Å². The number of carbonyl (C=O) groups is 1. The summed E-state index contributed by atoms with van der Waals surface area (Å²) in [5, 5.41) is 0. The third-order valence-electron chi connectivity index (χ3n) is 2.20. The summed E-state index contributed by atoms with van der Waals surface area (Å²) in [5.41, 5.74) is 2.32. The van der Waals surface area contributed by atoms with Gasteiger partial charge in [-0.25, -0.2) is 14.6 Å². The van der Waals surface area contributed by atoms with E-state index in [9.17, 15) is 13.6 Å². The van der Waals surface area contributed by atoms with Crippen molar-refractivity contribution in [1.29, 1.82) is 0 Å². The Kier molecular flexibility index (Phi) is 7.03. The van der Waals surface area contributed by atoms with Gasteiger partial charge in [0.15, 0.2) is 11.6 Å². The fraction of sp³-hybridized carbons (Fsp3) is 0.300. The summed E-state index contributed by atoms with van der Waals surface area (Å²) < 4.78 is 25.7. The summed E-state index contributed by atoms with van der Waals surface area (Å²) in [5.74, 6) is 2.11. The number of hydrogen-bond donors (Lipinski definition) is 2. The summed E-state index contributed by atoms with van der Waals surface area (Å²) >= 11 is 5.53. The number of halogens is 4. The van der Waals surface area contributed by atoms with Crippen LogP contribution in [-0.2, 0) is 4.79 Å². The lowest BCUT2D eigenvalue weighted by atomic mass is 9.95. The Morgan fingerprint density at radius 1 is 1.41 bits per heavy atom. The number of nitrogens with two attached hydrogens (primary N) is 1. The van der Waals surface area contributed by atoms with Gasteiger partial charge in [-0.05, 0) is 24.1 Å². The number of nitrogens with one attached hydrogen (secondary N) is 1. The number of amides is 1. The van der Waals surface area contributed by atoms with Gasteiger partial charge in [0.2, 0.25) is 5.91 Å². The van der Waals surface area contributed by atoms with Gasteiger partial charge in [-0.3, -0.25) is 10.2 Å². The lowest BCUT2D eigenvalue weighted by Crippen LogP contribution is -2.35. The molecule has 0 aliphatic heterocycles. The van der Waals surface area contributed by atoms with Crippen LogP contribution in [0.15, 0.2) is 18.2 Å². The van der Waals surface area contributed by atoms with Crippen molar-refractivity contribution in [3.8, 4) is 0 Å². The van der Waals surface area contributed by atoms with Crippen molar-refractivity contribution in [2.75, 3.05) is 5.88 Å². The highest BCUT2D eigenvalue weighted by Crippen LogP contribution is 2.22. The lowest BCUT2D eigenvalue weighted by Gasteiger charge is -2.14. The molecule has 3 N–H and O–H groups in total. The van der Waals surface area contributed by atoms with Gasteiger partial charge in [0.1, 0.15) is 0 Å². The minimum atomic E-state index is -0.998. The molecule has 17 heavy (non-hydrogen) atoms. The Bertz CT molecular complexity index is 391. The van der Waals surface area contributed by atoms with Crippen molar-refractivity contribution >= 4 is 29.9 Å². The molecule has 96 valence electrons. The minimum absolute atomic E-state index is 0. The van der Waals surface area contributed by atoms with Gasteiger partial charge in [-0.2, -0.15) is 0 Å². The number of hydrazine groups is 1. The third-order valence-corrected chi connectivity index (χ3v) is 2.42. The maximum Gasteiger partial charge on any atom is 0.241 e. The number of benzene rings is 1. The average molecular weight is 285 g/mol. The highest BCUT2D eigenvalue weighted by molar-refractivity contribution is 6.18. The van der Waals surface area contributed by atoms with E-state index in [0.717, 1.165) is 12.1 Å². The Labute approximate surface area is 109 Å². The molecule has 0 aliphatic carbocycles. The molecule has 0 bridgehead atoms. The van der Waals surface area contributed by atoms with Crippen LogP contribution in [-0.4, -0.2) is 11.8 Å². The summed E-state index contributed by atoms with van der Waals surface area (Å²) in [6.45, 7) is 0. The highest BCUT2D eigenvalue weighted by Gasteiger charge is 2.20. The van der Waals surface area contributed by atoms with Crippen LogP contribution in [0.3, 0.4) is 0 Å². The number of rotatable bonds is 4. The van der Waals surface area contributed by atoms with Gasteiger partial charge in [0.05, 0.1) is 5.92 Å². The van der Waals surface area contributed by atoms with Crippen molar-refractivity contribution in [2.24, 2.45) is 5.84 Å². The molecule has 0 radical (unpaired) electrons. The second-order valence-corrected chi connectivity index (χ2v) is 3.59. The predicted molar refractivity (Wildman–Crippen MR) is 64.0 cm³/mol. The maximum absolute atomic E-state index is 13.0. The van der Waals surface area contributed by atoms with E-state index in [1.165, 1.54) is 6.07 Å². The Hall–Kier alpha value is -0.910. The van der Waals surface area contributed by atoms with Gasteiger partial charge in [-0.15, -0.1) is 24.0 Å². The molecule has 3 nitrogen and oxygen atoms in total. The molecule has 1 atom stereocenters. The fourth-order valence-electron chi connectivity index (χ4n) is 1.39. The van der Waals surface area contributed by atoms with Crippen LogP contribution >= 0.6 is 24.0 Å². The number of carbonyl (C=O) groups excluding carboxylic acids is 1. The molecule has 1 amide bonds. The van der Waals surface area contributed by atoms with Gasteiger partial charge in [-0.1, -0.05) is 6.07 Å². The van der Waals surface area contributed by atoms with Crippen LogP contribution in [0.2, 0.25) is 0 Å². The molecule has 0 heterocycles. The minimum Gasteiger partial charge on any atom is -0.294 e. The monoisotopic (exact) mass is 284 g/mol. The lowest BCUT2D eigenvalue weighted by molar-refractivity contribution is -0.122. The van der Waals surface area contributed by atoms with Gasteiger partial charge in [0, 0.05) is 5.88 Å². The first kappa shape index (κ1) is 16.1. The normalized spacial score (nSPS) is 11.5. The predicted octanol–water partition coefficient (Wildman–Crippen LogP) is 2.09. The Balaban J connectivity index is 0.00000256. The van der Waals surface area contributed by atoms with E-state index >= 15 is 0 Å². The molecule has 7 heteroatoms. The molecule has 0 saturated heterocycles. The second kappa shape index (κ2) is 7.42. The molecule has 1 aromatic rings. The van der Waals surface area contributed by atoms with E-state index < -0.39 is 23.5 Å². The summed E-state index contributed by atoms with van der Waals surface area (Å²) in [6.07, 6.45) is 0.301. The smallest absolute Gasteiger partial charge is 0.241 e. The first-order chi connectivity index (χ1) is 7.60. The van der Waals surface area contributed by atoms with E-state index in [1.807, 2.05) is 5.43 Å². The van der Waals surface area contributed by atoms with E-state index in [-0.39, 0.29) is 18.3 Å². The molecule has 0 saturated carbocycles. The van der Waals surface area contributed by atoms with Crippen molar-refractivity contribution in [2.45, 2.75) is 12.3 Å². The van der Waals surface area contributed by atoms with Crippen LogP contribution in [0, 0.1) is 11.6 Å². The molecular formula is C10H12Cl2F2N2O. The maximum atomic E-state index is 13.0. The van der Waals surface area contributed by atoms with Crippen LogP contribution in [0.25, 0.3) is 0 Å². The quantitative estimate of drug-likeness (QED) is 0.385. The summed E-state index contributed by atoms with van der Waals surface area (Å²) in [6, 6.07) is 3.28. The molecule has 0 spiro atoms. The topological polar surface area (TPSA) is 55.1 Å². The highest BCUT2D eigenvalue weighted by atomic mass is 35.5. The fourth-order valence-corrected chi connectivity index (χ4v) is 1.61. The van der Waals surface area contributed by atoms with E-state index in [0.29, 0.717) is 12.0 Å². The van der Waals surface area contributed by atoms with E-state index in [2.05, 4.69) is 0 Å². The first-order valence-electron chi connectivity index (χ1n) is 4.61. The molecule has 0 aromatic heterocycles. The molecular weight excluding hydrogens is 273 g/mol. The average Bonchev–Trinajstić information content (AvgIpc) is 2.29. The molecule has 0 aliphatic rings. The largest absolute Gasteiger partial charge is 0.294 e. The summed E-state index contributed by atoms with van der Waals surface area (Å²) in [7, 11) is 0. The van der Waals surface area contributed by atoms with Crippen LogP contribution in [0.4, 0.5) is 8.78 Å². The van der Waals surface area contributed by atoms with Crippen molar-refractivity contribution in [1.82, 2.24) is 5.43 Å². The number of alkyl halides is 1. The zero-order valence-electron chi connectivity index (χ0n) is 8.75. The van der Waals surface area contributed by atoms with Gasteiger partial charge >= 0.3 is 0 Å². The molecule has 1 rings (SSSR count). The molecule has 1 unspecified atom stereocenters. The van der Waals surface area contributed by atoms with Crippen molar-refractivity contribution in [3.63, 3.8) is 0 Å². The molecule has 1 aromatic carbocycles. The SMILES string of the molecule is Cl.NNC(=O)C(CCCl)c1ccc(F)c(F)c1. The van der Waals surface area contributed by atoms with Gasteiger partial charge in [0.25, 0.3) is 0 Å². The first-order valence-corrected chi connectivity index (χ1v) is 5.15. The number of hydrogen-bond acceptors (Lipinski definition) is 2. The van der Waals surface area contributed by atoms with E-state index in [4.69, 9.17) is 17.4 Å². The van der Waals surface area contributed by atoms with E-state index in [1.54, 1.807) is 0 Å².